The van der Waals surface area contributed by atoms with E-state index in [4.69, 9.17) is 11.6 Å². The van der Waals surface area contributed by atoms with Gasteiger partial charge in [-0.3, -0.25) is 0 Å². The van der Waals surface area contributed by atoms with E-state index in [9.17, 15) is 0 Å². The first-order valence-electron chi connectivity index (χ1n) is 4.04. The van der Waals surface area contributed by atoms with Gasteiger partial charge in [0.05, 0.1) is 6.20 Å². The third-order valence-corrected chi connectivity index (χ3v) is 3.83. The summed E-state index contributed by atoms with van der Waals surface area (Å²) < 4.78 is 1.98. The predicted octanol–water partition coefficient (Wildman–Crippen LogP) is 2.29. The monoisotopic (exact) mass is 202 g/mol. The predicted molar refractivity (Wildman–Crippen MR) is 52.9 cm³/mol. The molecule has 0 bridgehead atoms. The van der Waals surface area contributed by atoms with Gasteiger partial charge in [-0.15, -0.1) is 0 Å². The van der Waals surface area contributed by atoms with E-state index in [0.717, 1.165) is 0 Å². The third-order valence-electron chi connectivity index (χ3n) is 2.32. The van der Waals surface area contributed by atoms with E-state index in [1.54, 1.807) is 0 Å². The highest BCUT2D eigenvalue weighted by atomic mass is 35.5. The molecule has 1 aliphatic rings. The molecule has 2 heterocycles. The summed E-state index contributed by atoms with van der Waals surface area (Å²) in [7, 11) is 1.98. The molecule has 1 aromatic rings. The van der Waals surface area contributed by atoms with Crippen LogP contribution in [0.3, 0.4) is 0 Å². The molecular weight excluding hydrogens is 192 g/mol. The number of halogens is 1. The van der Waals surface area contributed by atoms with Gasteiger partial charge in [0.25, 0.3) is 0 Å². The lowest BCUT2D eigenvalue weighted by atomic mass is 10.1. The van der Waals surface area contributed by atoms with E-state index in [1.807, 2.05) is 29.6 Å². The van der Waals surface area contributed by atoms with Crippen molar-refractivity contribution < 1.29 is 0 Å². The molecule has 1 atom stereocenters. The zero-order chi connectivity index (χ0) is 8.55. The summed E-state index contributed by atoms with van der Waals surface area (Å²) >= 11 is 7.86. The molecule has 0 spiro atoms. The van der Waals surface area contributed by atoms with Crippen LogP contribution in [0.4, 0.5) is 0 Å². The molecule has 12 heavy (non-hydrogen) atoms. The maximum Gasteiger partial charge on any atom is 0.202 e. The van der Waals surface area contributed by atoms with Crippen molar-refractivity contribution in [2.45, 2.75) is 12.3 Å². The van der Waals surface area contributed by atoms with Crippen LogP contribution in [0.25, 0.3) is 0 Å². The fourth-order valence-corrected chi connectivity index (χ4v) is 2.93. The van der Waals surface area contributed by atoms with Gasteiger partial charge in [-0.05, 0) is 23.8 Å². The molecule has 0 amide bonds. The first-order valence-corrected chi connectivity index (χ1v) is 5.57. The number of imidazole rings is 1. The van der Waals surface area contributed by atoms with Crippen LogP contribution in [0.15, 0.2) is 6.20 Å². The van der Waals surface area contributed by atoms with Gasteiger partial charge in [0.15, 0.2) is 0 Å². The van der Waals surface area contributed by atoms with E-state index in [0.29, 0.717) is 11.2 Å². The molecule has 0 N–H and O–H groups in total. The Morgan fingerprint density at radius 2 is 2.58 bits per heavy atom. The maximum absolute atomic E-state index is 5.85. The van der Waals surface area contributed by atoms with E-state index in [1.165, 1.54) is 23.6 Å². The fourth-order valence-electron chi connectivity index (χ4n) is 1.55. The van der Waals surface area contributed by atoms with Gasteiger partial charge in [0.2, 0.25) is 5.28 Å². The van der Waals surface area contributed by atoms with Crippen molar-refractivity contribution in [3.63, 3.8) is 0 Å². The molecule has 4 heteroatoms. The summed E-state index contributed by atoms with van der Waals surface area (Å²) in [6, 6.07) is 0. The van der Waals surface area contributed by atoms with Crippen molar-refractivity contribution in [3.8, 4) is 0 Å². The van der Waals surface area contributed by atoms with Crippen LogP contribution in [-0.4, -0.2) is 21.1 Å². The largest absolute Gasteiger partial charge is 0.322 e. The topological polar surface area (TPSA) is 17.8 Å². The molecule has 0 aromatic carbocycles. The van der Waals surface area contributed by atoms with Crippen LogP contribution in [-0.2, 0) is 7.05 Å². The fraction of sp³-hybridized carbons (Fsp3) is 0.625. The Morgan fingerprint density at radius 1 is 1.75 bits per heavy atom. The molecule has 0 aliphatic carbocycles. The zero-order valence-electron chi connectivity index (χ0n) is 6.96. The number of thioether (sulfide) groups is 1. The molecule has 2 rings (SSSR count). The Hall–Kier alpha value is -0.150. The first kappa shape index (κ1) is 8.45. The van der Waals surface area contributed by atoms with Crippen LogP contribution in [0.1, 0.15) is 18.0 Å². The SMILES string of the molecule is Cn1c(C2CCSC2)cnc1Cl. The zero-order valence-corrected chi connectivity index (χ0v) is 8.53. The lowest BCUT2D eigenvalue weighted by Gasteiger charge is -2.08. The number of hydrogen-bond acceptors (Lipinski definition) is 2. The summed E-state index contributed by atoms with van der Waals surface area (Å²) in [5.41, 5.74) is 1.28. The maximum atomic E-state index is 5.85. The van der Waals surface area contributed by atoms with Gasteiger partial charge in [-0.2, -0.15) is 11.8 Å². The minimum atomic E-state index is 0.599. The highest BCUT2D eigenvalue weighted by molar-refractivity contribution is 7.99. The Bertz CT molecular complexity index is 279. The number of hydrogen-bond donors (Lipinski definition) is 0. The smallest absolute Gasteiger partial charge is 0.202 e. The van der Waals surface area contributed by atoms with Crippen LogP contribution in [0.2, 0.25) is 5.28 Å². The summed E-state index contributed by atoms with van der Waals surface area (Å²) in [5.74, 6) is 3.16. The van der Waals surface area contributed by atoms with E-state index in [2.05, 4.69) is 4.98 Å². The van der Waals surface area contributed by atoms with Crippen molar-refractivity contribution in [1.29, 1.82) is 0 Å². The molecular formula is C8H11ClN2S. The molecule has 1 fully saturated rings. The second kappa shape index (κ2) is 3.30. The minimum absolute atomic E-state index is 0.599. The number of aromatic nitrogens is 2. The molecule has 2 nitrogen and oxygen atoms in total. The van der Waals surface area contributed by atoms with E-state index >= 15 is 0 Å². The van der Waals surface area contributed by atoms with Gasteiger partial charge in [0, 0.05) is 24.4 Å². The molecule has 1 aliphatic heterocycles. The van der Waals surface area contributed by atoms with Crippen molar-refractivity contribution in [2.75, 3.05) is 11.5 Å². The molecule has 1 aromatic heterocycles. The number of nitrogens with zero attached hydrogens (tertiary/aromatic N) is 2. The van der Waals surface area contributed by atoms with Gasteiger partial charge in [0.1, 0.15) is 0 Å². The van der Waals surface area contributed by atoms with Crippen molar-refractivity contribution >= 4 is 23.4 Å². The highest BCUT2D eigenvalue weighted by Crippen LogP contribution is 2.32. The van der Waals surface area contributed by atoms with Crippen LogP contribution in [0.5, 0.6) is 0 Å². The van der Waals surface area contributed by atoms with Gasteiger partial charge >= 0.3 is 0 Å². The molecule has 1 unspecified atom stereocenters. The third kappa shape index (κ3) is 1.36. The summed E-state index contributed by atoms with van der Waals surface area (Å²) in [6.07, 6.45) is 3.17. The second-order valence-corrected chi connectivity index (χ2v) is 4.56. The standard InChI is InChI=1S/C8H11ClN2S/c1-11-7(4-10-8(11)9)6-2-3-12-5-6/h4,6H,2-3,5H2,1H3. The van der Waals surface area contributed by atoms with Crippen molar-refractivity contribution in [1.82, 2.24) is 9.55 Å². The average molecular weight is 203 g/mol. The lowest BCUT2D eigenvalue weighted by Crippen LogP contribution is -2.03. The Kier molecular flexibility index (Phi) is 2.33. The van der Waals surface area contributed by atoms with E-state index < -0.39 is 0 Å². The minimum Gasteiger partial charge on any atom is -0.322 e. The summed E-state index contributed by atoms with van der Waals surface area (Å²) in [6.45, 7) is 0. The quantitative estimate of drug-likeness (QED) is 0.696. The molecule has 66 valence electrons. The Balaban J connectivity index is 2.26. The van der Waals surface area contributed by atoms with Gasteiger partial charge in [-0.25, -0.2) is 4.98 Å². The van der Waals surface area contributed by atoms with Crippen molar-refractivity contribution in [2.24, 2.45) is 7.05 Å². The second-order valence-electron chi connectivity index (χ2n) is 3.07. The van der Waals surface area contributed by atoms with Crippen LogP contribution < -0.4 is 0 Å². The average Bonchev–Trinajstić information content (AvgIpc) is 2.64. The molecule has 0 saturated carbocycles. The Labute approximate surface area is 81.3 Å². The Morgan fingerprint density at radius 3 is 3.08 bits per heavy atom. The highest BCUT2D eigenvalue weighted by Gasteiger charge is 2.20. The van der Waals surface area contributed by atoms with Gasteiger partial charge in [-0.1, -0.05) is 0 Å². The number of rotatable bonds is 1. The normalized spacial score (nSPS) is 23.3. The van der Waals surface area contributed by atoms with E-state index in [-0.39, 0.29) is 0 Å². The summed E-state index contributed by atoms with van der Waals surface area (Å²) in [4.78, 5) is 4.08. The first-order chi connectivity index (χ1) is 5.79. The van der Waals surface area contributed by atoms with Gasteiger partial charge < -0.3 is 4.57 Å². The van der Waals surface area contributed by atoms with Crippen LogP contribution >= 0.6 is 23.4 Å². The molecule has 0 radical (unpaired) electrons. The van der Waals surface area contributed by atoms with Crippen LogP contribution in [0, 0.1) is 0 Å². The van der Waals surface area contributed by atoms with Crippen molar-refractivity contribution in [3.05, 3.63) is 17.2 Å². The molecule has 1 saturated heterocycles. The lowest BCUT2D eigenvalue weighted by molar-refractivity contribution is 0.698. The summed E-state index contributed by atoms with van der Waals surface area (Å²) in [5, 5.41) is 0.599.